The molecule has 9 aromatic rings. The number of hydrogen-bond acceptors (Lipinski definition) is 1. The lowest BCUT2D eigenvalue weighted by molar-refractivity contribution is 0.747. The van der Waals surface area contributed by atoms with E-state index in [9.17, 15) is 0 Å². The summed E-state index contributed by atoms with van der Waals surface area (Å²) in [5.74, 6) is 0. The number of fused-ring (bicyclic) bond motifs is 4. The van der Waals surface area contributed by atoms with Gasteiger partial charge in [-0.2, -0.15) is 0 Å². The molecule has 0 fully saturated rings. The first-order valence-corrected chi connectivity index (χ1v) is 18.7. The van der Waals surface area contributed by atoms with Crippen LogP contribution in [0, 0.1) is 0 Å². The van der Waals surface area contributed by atoms with Gasteiger partial charge in [0.2, 0.25) is 6.71 Å². The maximum absolute atomic E-state index is 2.61. The van der Waals surface area contributed by atoms with Crippen molar-refractivity contribution in [1.82, 2.24) is 4.57 Å². The van der Waals surface area contributed by atoms with Gasteiger partial charge in [0, 0.05) is 33.4 Å². The smallest absolute Gasteiger partial charge is 0.248 e. The van der Waals surface area contributed by atoms with Crippen LogP contribution in [-0.4, -0.2) is 11.3 Å². The first-order chi connectivity index (χ1) is 26.3. The summed E-state index contributed by atoms with van der Waals surface area (Å²) >= 11 is 0. The van der Waals surface area contributed by atoms with Crippen LogP contribution in [0.25, 0.3) is 27.5 Å². The van der Waals surface area contributed by atoms with E-state index in [-0.39, 0.29) is 6.71 Å². The fourth-order valence-corrected chi connectivity index (χ4v) is 10.4. The Kier molecular flexibility index (Phi) is 5.88. The third kappa shape index (κ3) is 3.69. The van der Waals surface area contributed by atoms with Gasteiger partial charge < -0.3 is 9.47 Å². The molecule has 2 nitrogen and oxygen atoms in total. The second-order valence-corrected chi connectivity index (χ2v) is 14.8. The van der Waals surface area contributed by atoms with Gasteiger partial charge in [-0.25, -0.2) is 0 Å². The molecule has 0 spiro atoms. The Morgan fingerprint density at radius 1 is 0.472 bits per heavy atom. The fraction of sp³-hybridized carbons (Fsp3) is 0.0400. The van der Waals surface area contributed by atoms with Crippen molar-refractivity contribution >= 4 is 62.0 Å². The molecule has 246 valence electrons. The highest BCUT2D eigenvalue weighted by Gasteiger charge is 2.54. The normalized spacial score (nSPS) is 14.1. The van der Waals surface area contributed by atoms with Gasteiger partial charge in [0.15, 0.2) is 0 Å². The van der Waals surface area contributed by atoms with Crippen LogP contribution in [0.5, 0.6) is 0 Å². The Labute approximate surface area is 309 Å². The fourth-order valence-electron chi connectivity index (χ4n) is 10.4. The zero-order chi connectivity index (χ0) is 34.7. The number of para-hydroxylation sites is 3. The van der Waals surface area contributed by atoms with Crippen LogP contribution in [-0.2, 0) is 11.8 Å². The third-order valence-electron chi connectivity index (χ3n) is 12.3. The highest BCUT2D eigenvalue weighted by Crippen LogP contribution is 2.53. The van der Waals surface area contributed by atoms with E-state index < -0.39 is 5.41 Å². The molecular formula is C50H33BN2. The minimum atomic E-state index is -0.612. The average Bonchev–Trinajstić information content (AvgIpc) is 3.57. The van der Waals surface area contributed by atoms with Crippen molar-refractivity contribution < 1.29 is 0 Å². The number of hydrogen-bond donors (Lipinski definition) is 0. The van der Waals surface area contributed by atoms with Gasteiger partial charge in [-0.1, -0.05) is 151 Å². The number of benzene rings is 8. The minimum Gasteiger partial charge on any atom is -0.310 e. The van der Waals surface area contributed by atoms with Crippen molar-refractivity contribution in [1.29, 1.82) is 0 Å². The molecule has 3 aliphatic heterocycles. The number of nitrogens with zero attached hydrogens (tertiary/aromatic N) is 2. The molecule has 4 heterocycles. The lowest BCUT2D eigenvalue weighted by Crippen LogP contribution is -2.67. The molecule has 0 saturated heterocycles. The highest BCUT2D eigenvalue weighted by molar-refractivity contribution is 7.00. The summed E-state index contributed by atoms with van der Waals surface area (Å²) in [6, 6.07) is 70.3. The van der Waals surface area contributed by atoms with Crippen LogP contribution >= 0.6 is 0 Å². The monoisotopic (exact) mass is 672 g/mol. The van der Waals surface area contributed by atoms with Gasteiger partial charge in [-0.05, 0) is 93.2 Å². The quantitative estimate of drug-likeness (QED) is 0.165. The van der Waals surface area contributed by atoms with Crippen molar-refractivity contribution in [3.05, 3.63) is 221 Å². The molecule has 0 N–H and O–H groups in total. The summed E-state index contributed by atoms with van der Waals surface area (Å²) in [4.78, 5) is 2.50. The molecule has 12 rings (SSSR count). The van der Waals surface area contributed by atoms with E-state index >= 15 is 0 Å². The second kappa shape index (κ2) is 10.7. The van der Waals surface area contributed by atoms with Crippen molar-refractivity contribution in [2.24, 2.45) is 0 Å². The van der Waals surface area contributed by atoms with Crippen molar-refractivity contribution in [3.8, 4) is 5.69 Å². The molecule has 0 radical (unpaired) electrons. The molecule has 0 unspecified atom stereocenters. The van der Waals surface area contributed by atoms with E-state index in [1.807, 2.05) is 0 Å². The topological polar surface area (TPSA) is 8.17 Å². The Hall–Kier alpha value is -6.58. The number of aromatic nitrogens is 1. The number of rotatable bonds is 5. The first kappa shape index (κ1) is 29.0. The van der Waals surface area contributed by atoms with Gasteiger partial charge in [0.25, 0.3) is 0 Å². The van der Waals surface area contributed by atoms with Gasteiger partial charge in [-0.15, -0.1) is 0 Å². The molecule has 0 saturated carbocycles. The van der Waals surface area contributed by atoms with Gasteiger partial charge >= 0.3 is 0 Å². The van der Waals surface area contributed by atoms with Gasteiger partial charge in [-0.3, -0.25) is 0 Å². The minimum absolute atomic E-state index is 0.101. The zero-order valence-electron chi connectivity index (χ0n) is 29.1. The van der Waals surface area contributed by atoms with Gasteiger partial charge in [0.1, 0.15) is 0 Å². The molecule has 53 heavy (non-hydrogen) atoms. The lowest BCUT2D eigenvalue weighted by atomic mass is 9.27. The molecule has 8 aromatic carbocycles. The largest absolute Gasteiger partial charge is 0.310 e. The summed E-state index contributed by atoms with van der Waals surface area (Å²) in [5, 5.41) is 2.66. The van der Waals surface area contributed by atoms with Crippen molar-refractivity contribution in [3.63, 3.8) is 0 Å². The molecule has 0 aliphatic carbocycles. The third-order valence-corrected chi connectivity index (χ3v) is 12.3. The Bertz CT molecular complexity index is 2830. The van der Waals surface area contributed by atoms with Crippen LogP contribution in [0.1, 0.15) is 33.4 Å². The zero-order valence-corrected chi connectivity index (χ0v) is 29.1. The Morgan fingerprint density at radius 3 is 1.75 bits per heavy atom. The summed E-state index contributed by atoms with van der Waals surface area (Å²) in [7, 11) is 0. The summed E-state index contributed by atoms with van der Waals surface area (Å²) in [6.07, 6.45) is 0.927. The number of anilines is 3. The predicted molar refractivity (Wildman–Crippen MR) is 221 cm³/mol. The highest BCUT2D eigenvalue weighted by atomic mass is 15.1. The second-order valence-electron chi connectivity index (χ2n) is 14.8. The predicted octanol–water partition coefficient (Wildman–Crippen LogP) is 9.68. The lowest BCUT2D eigenvalue weighted by Gasteiger charge is -2.50. The van der Waals surface area contributed by atoms with E-state index in [2.05, 4.69) is 198 Å². The molecule has 1 aromatic heterocycles. The SMILES string of the molecule is c1ccc(N(c2ccccc2)c2ccc3c4c2C(c2ccccc2)(c2ccccc2)c2cccc5c2B4c2c(ccc4c6ccccc6n-3c24)C5)cc1. The standard InChI is InChI=1S/C50H33BN2/c1-5-17-35(18-6-1)50(36-19-7-2-8-20-36)41-26-15-16-33-32-34-28-29-40-39-25-13-14-27-42(39)53-44-31-30-43(45(50)48(44)51(46(33)41)47(34)49(40)53)52(37-21-9-3-10-22-37)38-23-11-4-12-24-38/h1-31H,32H2. The van der Waals surface area contributed by atoms with Crippen molar-refractivity contribution in [2.45, 2.75) is 11.8 Å². The maximum atomic E-state index is 2.61. The Morgan fingerprint density at radius 2 is 1.08 bits per heavy atom. The summed E-state index contributed by atoms with van der Waals surface area (Å²) < 4.78 is 2.61. The van der Waals surface area contributed by atoms with Gasteiger partial charge in [0.05, 0.1) is 16.6 Å². The maximum Gasteiger partial charge on any atom is 0.248 e. The molecule has 3 aliphatic rings. The first-order valence-electron chi connectivity index (χ1n) is 18.7. The summed E-state index contributed by atoms with van der Waals surface area (Å²) in [5.41, 5.74) is 19.3. The molecule has 0 amide bonds. The van der Waals surface area contributed by atoms with E-state index in [0.29, 0.717) is 0 Å². The van der Waals surface area contributed by atoms with Crippen LogP contribution in [0.2, 0.25) is 0 Å². The van der Waals surface area contributed by atoms with E-state index in [1.54, 1.807) is 0 Å². The average molecular weight is 673 g/mol. The van der Waals surface area contributed by atoms with Crippen molar-refractivity contribution in [2.75, 3.05) is 4.90 Å². The Balaban J connectivity index is 1.35. The van der Waals surface area contributed by atoms with E-state index in [0.717, 1.165) is 17.8 Å². The van der Waals surface area contributed by atoms with Crippen LogP contribution in [0.15, 0.2) is 188 Å². The molecule has 3 heteroatoms. The van der Waals surface area contributed by atoms with E-state index in [1.165, 1.54) is 82.9 Å². The van der Waals surface area contributed by atoms with Crippen LogP contribution < -0.4 is 21.3 Å². The molecule has 0 bridgehead atoms. The van der Waals surface area contributed by atoms with Crippen LogP contribution in [0.4, 0.5) is 17.1 Å². The molecule has 0 atom stereocenters. The summed E-state index contributed by atoms with van der Waals surface area (Å²) in [6.45, 7) is 0.101. The molecular weight excluding hydrogens is 639 g/mol. The van der Waals surface area contributed by atoms with E-state index in [4.69, 9.17) is 0 Å². The van der Waals surface area contributed by atoms with Crippen LogP contribution in [0.3, 0.4) is 0 Å².